The summed E-state index contributed by atoms with van der Waals surface area (Å²) >= 11 is 5.14. The van der Waals surface area contributed by atoms with Gasteiger partial charge in [0.2, 0.25) is 0 Å². The lowest BCUT2D eigenvalue weighted by atomic mass is 10.2. The number of hydrogen-bond donors (Lipinski definition) is 0. The summed E-state index contributed by atoms with van der Waals surface area (Å²) in [6, 6.07) is 3.92. The van der Waals surface area contributed by atoms with Crippen LogP contribution in [0.25, 0.3) is 11.3 Å². The maximum absolute atomic E-state index is 4.42. The van der Waals surface area contributed by atoms with Crippen LogP contribution in [0.15, 0.2) is 28.3 Å². The van der Waals surface area contributed by atoms with Gasteiger partial charge < -0.3 is 0 Å². The second-order valence-electron chi connectivity index (χ2n) is 2.59. The number of aromatic nitrogens is 2. The first-order chi connectivity index (χ1) is 6.27. The van der Waals surface area contributed by atoms with Gasteiger partial charge in [-0.2, -0.15) is 0 Å². The second kappa shape index (κ2) is 3.55. The number of rotatable bonds is 1. The zero-order valence-electron chi connectivity index (χ0n) is 6.99. The summed E-state index contributed by atoms with van der Waals surface area (Å²) in [5.41, 5.74) is 2.11. The van der Waals surface area contributed by atoms with Crippen LogP contribution in [0, 0.1) is 6.92 Å². The number of halogens is 1. The van der Waals surface area contributed by atoms with E-state index in [-0.39, 0.29) is 0 Å². The van der Waals surface area contributed by atoms with Crippen LogP contribution in [0.5, 0.6) is 0 Å². The first kappa shape index (κ1) is 8.84. The predicted octanol–water partition coefficient (Wildman–Crippen LogP) is 3.28. The van der Waals surface area contributed by atoms with E-state index in [1.165, 1.54) is 0 Å². The zero-order chi connectivity index (χ0) is 9.26. The summed E-state index contributed by atoms with van der Waals surface area (Å²) in [5, 5.41) is 1.07. The number of nitrogens with zero attached hydrogens (tertiary/aromatic N) is 2. The fraction of sp³-hybridized carbons (Fsp3) is 0.111. The number of thiazole rings is 1. The van der Waals surface area contributed by atoms with E-state index in [0.717, 1.165) is 20.1 Å². The van der Waals surface area contributed by atoms with Crippen molar-refractivity contribution in [1.29, 1.82) is 0 Å². The topological polar surface area (TPSA) is 25.8 Å². The predicted molar refractivity (Wildman–Crippen MR) is 57.8 cm³/mol. The standard InChI is InChI=1S/C9H7BrN2S/c1-6-12-8(9(10)13-6)7-2-4-11-5-3-7/h2-5H,1H3. The second-order valence-corrected chi connectivity index (χ2v) is 5.11. The summed E-state index contributed by atoms with van der Waals surface area (Å²) in [6.45, 7) is 2.00. The molecule has 0 aliphatic rings. The van der Waals surface area contributed by atoms with E-state index in [1.807, 2.05) is 19.1 Å². The lowest BCUT2D eigenvalue weighted by Crippen LogP contribution is -1.79. The molecule has 0 aliphatic carbocycles. The van der Waals surface area contributed by atoms with E-state index in [1.54, 1.807) is 23.7 Å². The minimum absolute atomic E-state index is 1.00. The first-order valence-electron chi connectivity index (χ1n) is 3.80. The number of aryl methyl sites for hydroxylation is 1. The highest BCUT2D eigenvalue weighted by Gasteiger charge is 2.07. The summed E-state index contributed by atoms with van der Waals surface area (Å²) < 4.78 is 1.08. The Morgan fingerprint density at radius 2 is 2.00 bits per heavy atom. The molecule has 0 bridgehead atoms. The van der Waals surface area contributed by atoms with Crippen molar-refractivity contribution in [3.8, 4) is 11.3 Å². The van der Waals surface area contributed by atoms with Gasteiger partial charge in [0.25, 0.3) is 0 Å². The van der Waals surface area contributed by atoms with Gasteiger partial charge in [0.1, 0.15) is 0 Å². The highest BCUT2D eigenvalue weighted by atomic mass is 79.9. The third-order valence-corrected chi connectivity index (χ3v) is 3.27. The molecule has 0 unspecified atom stereocenters. The van der Waals surface area contributed by atoms with Crippen LogP contribution in [-0.2, 0) is 0 Å². The Hall–Kier alpha value is -0.740. The van der Waals surface area contributed by atoms with Crippen molar-refractivity contribution >= 4 is 27.3 Å². The molecule has 0 saturated heterocycles. The van der Waals surface area contributed by atoms with Crippen LogP contribution in [0.3, 0.4) is 0 Å². The van der Waals surface area contributed by atoms with Gasteiger partial charge in [-0.15, -0.1) is 11.3 Å². The molecule has 4 heteroatoms. The Bertz CT molecular complexity index is 411. The molecule has 2 rings (SSSR count). The van der Waals surface area contributed by atoms with E-state index in [4.69, 9.17) is 0 Å². The van der Waals surface area contributed by atoms with Gasteiger partial charge in [0, 0.05) is 18.0 Å². The van der Waals surface area contributed by atoms with Gasteiger partial charge in [-0.05, 0) is 35.0 Å². The van der Waals surface area contributed by atoms with Gasteiger partial charge in [0.05, 0.1) is 14.5 Å². The summed E-state index contributed by atoms with van der Waals surface area (Å²) in [4.78, 5) is 8.39. The monoisotopic (exact) mass is 254 g/mol. The molecular formula is C9H7BrN2S. The average Bonchev–Trinajstić information content (AvgIpc) is 2.47. The van der Waals surface area contributed by atoms with Crippen LogP contribution in [-0.4, -0.2) is 9.97 Å². The molecule has 2 aromatic heterocycles. The largest absolute Gasteiger partial charge is 0.265 e. The molecule has 13 heavy (non-hydrogen) atoms. The maximum Gasteiger partial charge on any atom is 0.0979 e. The third-order valence-electron chi connectivity index (χ3n) is 1.65. The molecule has 66 valence electrons. The van der Waals surface area contributed by atoms with Crippen molar-refractivity contribution in [2.24, 2.45) is 0 Å². The molecule has 0 N–H and O–H groups in total. The zero-order valence-corrected chi connectivity index (χ0v) is 9.39. The molecule has 0 atom stereocenters. The molecule has 2 nitrogen and oxygen atoms in total. The molecular weight excluding hydrogens is 248 g/mol. The van der Waals surface area contributed by atoms with Gasteiger partial charge in [-0.25, -0.2) is 4.98 Å². The Labute approximate surface area is 88.8 Å². The average molecular weight is 255 g/mol. The smallest absolute Gasteiger partial charge is 0.0979 e. The Morgan fingerprint density at radius 3 is 2.54 bits per heavy atom. The first-order valence-corrected chi connectivity index (χ1v) is 5.41. The highest BCUT2D eigenvalue weighted by molar-refractivity contribution is 9.11. The van der Waals surface area contributed by atoms with E-state index in [2.05, 4.69) is 25.9 Å². The molecule has 0 amide bonds. The van der Waals surface area contributed by atoms with Crippen LogP contribution < -0.4 is 0 Å². The van der Waals surface area contributed by atoms with Crippen molar-refractivity contribution < 1.29 is 0 Å². The van der Waals surface area contributed by atoms with E-state index < -0.39 is 0 Å². The lowest BCUT2D eigenvalue weighted by molar-refractivity contribution is 1.27. The van der Waals surface area contributed by atoms with Crippen molar-refractivity contribution in [2.75, 3.05) is 0 Å². The maximum atomic E-state index is 4.42. The Kier molecular flexibility index (Phi) is 2.42. The van der Waals surface area contributed by atoms with Gasteiger partial charge in [-0.1, -0.05) is 0 Å². The fourth-order valence-corrected chi connectivity index (χ4v) is 2.77. The van der Waals surface area contributed by atoms with Gasteiger partial charge >= 0.3 is 0 Å². The lowest BCUT2D eigenvalue weighted by Gasteiger charge is -1.94. The van der Waals surface area contributed by atoms with Crippen molar-refractivity contribution in [1.82, 2.24) is 9.97 Å². The Balaban J connectivity index is 2.53. The van der Waals surface area contributed by atoms with Crippen LogP contribution in [0.4, 0.5) is 0 Å². The van der Waals surface area contributed by atoms with Gasteiger partial charge in [-0.3, -0.25) is 4.98 Å². The van der Waals surface area contributed by atoms with E-state index in [0.29, 0.717) is 0 Å². The number of hydrogen-bond acceptors (Lipinski definition) is 3. The molecule has 0 spiro atoms. The van der Waals surface area contributed by atoms with Crippen molar-refractivity contribution in [3.05, 3.63) is 33.3 Å². The molecule has 0 saturated carbocycles. The molecule has 2 aromatic rings. The molecule has 0 aliphatic heterocycles. The summed E-state index contributed by atoms with van der Waals surface area (Å²) in [6.07, 6.45) is 3.55. The summed E-state index contributed by atoms with van der Waals surface area (Å²) in [5.74, 6) is 0. The molecule has 2 heterocycles. The molecule has 0 aromatic carbocycles. The fourth-order valence-electron chi connectivity index (χ4n) is 1.09. The van der Waals surface area contributed by atoms with Crippen LogP contribution in [0.1, 0.15) is 5.01 Å². The summed E-state index contributed by atoms with van der Waals surface area (Å²) in [7, 11) is 0. The van der Waals surface area contributed by atoms with Gasteiger partial charge in [0.15, 0.2) is 0 Å². The Morgan fingerprint density at radius 1 is 1.31 bits per heavy atom. The molecule has 0 fully saturated rings. The SMILES string of the molecule is Cc1nc(-c2ccncc2)c(Br)s1. The highest BCUT2D eigenvalue weighted by Crippen LogP contribution is 2.31. The van der Waals surface area contributed by atoms with Crippen LogP contribution >= 0.6 is 27.3 Å². The minimum Gasteiger partial charge on any atom is -0.265 e. The minimum atomic E-state index is 1.00. The number of pyridine rings is 1. The van der Waals surface area contributed by atoms with Crippen LogP contribution in [0.2, 0.25) is 0 Å². The van der Waals surface area contributed by atoms with E-state index >= 15 is 0 Å². The quantitative estimate of drug-likeness (QED) is 0.781. The third kappa shape index (κ3) is 1.78. The van der Waals surface area contributed by atoms with E-state index in [9.17, 15) is 0 Å². The molecule has 0 radical (unpaired) electrons. The van der Waals surface area contributed by atoms with Crippen molar-refractivity contribution in [2.45, 2.75) is 6.92 Å². The normalized spacial score (nSPS) is 10.3. The van der Waals surface area contributed by atoms with Crippen molar-refractivity contribution in [3.63, 3.8) is 0 Å².